The molecule has 0 aliphatic rings. The van der Waals surface area contributed by atoms with Gasteiger partial charge in [0.1, 0.15) is 12.0 Å². The zero-order valence-electron chi connectivity index (χ0n) is 9.34. The molecule has 16 heavy (non-hydrogen) atoms. The number of allylic oxidation sites excluding steroid dienone is 2. The maximum absolute atomic E-state index is 12.4. The van der Waals surface area contributed by atoms with Crippen LogP contribution in [0.15, 0.2) is 18.5 Å². The summed E-state index contributed by atoms with van der Waals surface area (Å²) < 4.78 is 37.2. The van der Waals surface area contributed by atoms with Crippen molar-refractivity contribution in [1.82, 2.24) is 9.97 Å². The molecule has 0 aliphatic carbocycles. The largest absolute Gasteiger partial charge is 0.433 e. The van der Waals surface area contributed by atoms with E-state index in [2.05, 4.69) is 9.97 Å². The van der Waals surface area contributed by atoms with E-state index in [-0.39, 0.29) is 5.92 Å². The van der Waals surface area contributed by atoms with Crippen molar-refractivity contribution in [2.75, 3.05) is 0 Å². The Bertz CT molecular complexity index is 394. The summed E-state index contributed by atoms with van der Waals surface area (Å²) in [6.45, 7) is 5.65. The number of halogens is 3. The lowest BCUT2D eigenvalue weighted by atomic mass is 10.1. The standard InChI is InChI=1S/C11H13F3N2/c1-7(2)4-8(3)9-5-10(11(12,13)14)16-6-15-9/h4-7H,1-3H3/b8-4+. The molecule has 0 aromatic carbocycles. The second-order valence-electron chi connectivity index (χ2n) is 3.88. The molecule has 0 fully saturated rings. The molecule has 5 heteroatoms. The highest BCUT2D eigenvalue weighted by Crippen LogP contribution is 2.28. The summed E-state index contributed by atoms with van der Waals surface area (Å²) in [6.07, 6.45) is -1.62. The highest BCUT2D eigenvalue weighted by molar-refractivity contribution is 5.60. The Hall–Kier alpha value is -1.39. The lowest BCUT2D eigenvalue weighted by molar-refractivity contribution is -0.141. The van der Waals surface area contributed by atoms with Gasteiger partial charge in [0.05, 0.1) is 5.69 Å². The Morgan fingerprint density at radius 1 is 1.31 bits per heavy atom. The van der Waals surface area contributed by atoms with Crippen LogP contribution in [0.3, 0.4) is 0 Å². The number of rotatable bonds is 2. The molecule has 0 N–H and O–H groups in total. The number of hydrogen-bond donors (Lipinski definition) is 0. The van der Waals surface area contributed by atoms with Crippen molar-refractivity contribution in [3.63, 3.8) is 0 Å². The first kappa shape index (κ1) is 12.7. The van der Waals surface area contributed by atoms with E-state index in [1.807, 2.05) is 19.9 Å². The van der Waals surface area contributed by atoms with E-state index < -0.39 is 11.9 Å². The second-order valence-corrected chi connectivity index (χ2v) is 3.88. The topological polar surface area (TPSA) is 25.8 Å². The summed E-state index contributed by atoms with van der Waals surface area (Å²) in [5.74, 6) is 0.268. The molecule has 1 aromatic heterocycles. The van der Waals surface area contributed by atoms with Crippen LogP contribution in [0.2, 0.25) is 0 Å². The molecule has 0 aliphatic heterocycles. The Morgan fingerprint density at radius 2 is 1.94 bits per heavy atom. The minimum absolute atomic E-state index is 0.268. The average Bonchev–Trinajstić information content (AvgIpc) is 2.15. The number of hydrogen-bond acceptors (Lipinski definition) is 2. The molecule has 0 saturated heterocycles. The van der Waals surface area contributed by atoms with Gasteiger partial charge >= 0.3 is 6.18 Å². The van der Waals surface area contributed by atoms with Gasteiger partial charge in [-0.2, -0.15) is 13.2 Å². The molecule has 2 nitrogen and oxygen atoms in total. The molecule has 88 valence electrons. The van der Waals surface area contributed by atoms with Crippen molar-refractivity contribution in [3.8, 4) is 0 Å². The maximum Gasteiger partial charge on any atom is 0.433 e. The van der Waals surface area contributed by atoms with Crippen LogP contribution in [0.5, 0.6) is 0 Å². The molecule has 0 saturated carbocycles. The van der Waals surface area contributed by atoms with Crippen molar-refractivity contribution in [2.24, 2.45) is 5.92 Å². The van der Waals surface area contributed by atoms with Crippen LogP contribution in [-0.4, -0.2) is 9.97 Å². The van der Waals surface area contributed by atoms with E-state index in [4.69, 9.17) is 0 Å². The van der Waals surface area contributed by atoms with E-state index in [0.29, 0.717) is 5.69 Å². The third-order valence-corrected chi connectivity index (χ3v) is 1.94. The van der Waals surface area contributed by atoms with E-state index in [0.717, 1.165) is 18.0 Å². The number of nitrogens with zero attached hydrogens (tertiary/aromatic N) is 2. The molecule has 0 radical (unpaired) electrons. The van der Waals surface area contributed by atoms with Crippen molar-refractivity contribution in [1.29, 1.82) is 0 Å². The molecule has 0 spiro atoms. The predicted molar refractivity (Wildman–Crippen MR) is 55.5 cm³/mol. The van der Waals surface area contributed by atoms with E-state index >= 15 is 0 Å². The molecule has 1 rings (SSSR count). The summed E-state index contributed by atoms with van der Waals surface area (Å²) in [5.41, 5.74) is 0.132. The zero-order chi connectivity index (χ0) is 12.3. The van der Waals surface area contributed by atoms with Crippen LogP contribution >= 0.6 is 0 Å². The summed E-state index contributed by atoms with van der Waals surface area (Å²) in [6, 6.07) is 0.966. The van der Waals surface area contributed by atoms with Gasteiger partial charge in [0, 0.05) is 0 Å². The van der Waals surface area contributed by atoms with Gasteiger partial charge in [0.25, 0.3) is 0 Å². The first-order valence-electron chi connectivity index (χ1n) is 4.88. The molecule has 1 heterocycles. The van der Waals surface area contributed by atoms with Crippen molar-refractivity contribution in [3.05, 3.63) is 29.9 Å². The van der Waals surface area contributed by atoms with E-state index in [9.17, 15) is 13.2 Å². The summed E-state index contributed by atoms with van der Waals surface area (Å²) >= 11 is 0. The molecular weight excluding hydrogens is 217 g/mol. The molecule has 1 aromatic rings. The van der Waals surface area contributed by atoms with Gasteiger partial charge in [-0.15, -0.1) is 0 Å². The third kappa shape index (κ3) is 3.32. The van der Waals surface area contributed by atoms with E-state index in [1.54, 1.807) is 6.92 Å². The normalized spacial score (nSPS) is 13.3. The fraction of sp³-hybridized carbons (Fsp3) is 0.455. The van der Waals surface area contributed by atoms with Gasteiger partial charge in [0.15, 0.2) is 0 Å². The van der Waals surface area contributed by atoms with Crippen LogP contribution in [0.25, 0.3) is 5.57 Å². The van der Waals surface area contributed by atoms with Crippen molar-refractivity contribution < 1.29 is 13.2 Å². The number of alkyl halides is 3. The van der Waals surface area contributed by atoms with Crippen LogP contribution in [0.1, 0.15) is 32.2 Å². The smallest absolute Gasteiger partial charge is 0.237 e. The first-order valence-corrected chi connectivity index (χ1v) is 4.88. The lowest BCUT2D eigenvalue weighted by Crippen LogP contribution is -2.09. The maximum atomic E-state index is 12.4. The quantitative estimate of drug-likeness (QED) is 0.776. The Balaban J connectivity index is 3.09. The number of aromatic nitrogens is 2. The van der Waals surface area contributed by atoms with Crippen LogP contribution in [0.4, 0.5) is 13.2 Å². The average molecular weight is 230 g/mol. The summed E-state index contributed by atoms with van der Waals surface area (Å²) in [5, 5.41) is 0. The summed E-state index contributed by atoms with van der Waals surface area (Å²) in [4.78, 5) is 7.04. The molecule has 0 amide bonds. The Kier molecular flexibility index (Phi) is 3.67. The predicted octanol–water partition coefficient (Wildman–Crippen LogP) is 3.55. The van der Waals surface area contributed by atoms with Gasteiger partial charge in [-0.1, -0.05) is 19.9 Å². The van der Waals surface area contributed by atoms with Gasteiger partial charge in [-0.25, -0.2) is 9.97 Å². The molecule has 0 bridgehead atoms. The van der Waals surface area contributed by atoms with Crippen molar-refractivity contribution >= 4 is 5.57 Å². The van der Waals surface area contributed by atoms with Crippen molar-refractivity contribution in [2.45, 2.75) is 26.9 Å². The monoisotopic (exact) mass is 230 g/mol. The van der Waals surface area contributed by atoms with Crippen LogP contribution in [-0.2, 0) is 6.18 Å². The fourth-order valence-electron chi connectivity index (χ4n) is 1.31. The Labute approximate surface area is 92.2 Å². The Morgan fingerprint density at radius 3 is 2.44 bits per heavy atom. The van der Waals surface area contributed by atoms with Gasteiger partial charge in [0.2, 0.25) is 0 Å². The van der Waals surface area contributed by atoms with Gasteiger partial charge in [-0.05, 0) is 24.5 Å². The molecular formula is C11H13F3N2. The minimum atomic E-state index is -4.42. The van der Waals surface area contributed by atoms with Gasteiger partial charge < -0.3 is 0 Å². The second kappa shape index (κ2) is 4.63. The zero-order valence-corrected chi connectivity index (χ0v) is 9.34. The fourth-order valence-corrected chi connectivity index (χ4v) is 1.31. The minimum Gasteiger partial charge on any atom is -0.237 e. The first-order chi connectivity index (χ1) is 7.30. The summed E-state index contributed by atoms with van der Waals surface area (Å²) in [7, 11) is 0. The van der Waals surface area contributed by atoms with Crippen LogP contribution < -0.4 is 0 Å². The van der Waals surface area contributed by atoms with Crippen LogP contribution in [0, 0.1) is 5.92 Å². The lowest BCUT2D eigenvalue weighted by Gasteiger charge is -2.07. The highest BCUT2D eigenvalue weighted by atomic mass is 19.4. The SMILES string of the molecule is C/C(=C\C(C)C)c1cc(C(F)(F)F)ncn1. The highest BCUT2D eigenvalue weighted by Gasteiger charge is 2.32. The van der Waals surface area contributed by atoms with Gasteiger partial charge in [-0.3, -0.25) is 0 Å². The third-order valence-electron chi connectivity index (χ3n) is 1.94. The molecule has 0 unspecified atom stereocenters. The van der Waals surface area contributed by atoms with E-state index in [1.165, 1.54) is 0 Å². The molecule has 0 atom stereocenters.